The summed E-state index contributed by atoms with van der Waals surface area (Å²) in [4.78, 5) is 10.3. The molecule has 0 aliphatic heterocycles. The van der Waals surface area contributed by atoms with Gasteiger partial charge >= 0.3 is 5.97 Å². The van der Waals surface area contributed by atoms with Gasteiger partial charge in [0.25, 0.3) is 0 Å². The van der Waals surface area contributed by atoms with Gasteiger partial charge in [-0.3, -0.25) is 4.79 Å². The summed E-state index contributed by atoms with van der Waals surface area (Å²) in [6, 6.07) is 7.86. The first-order valence-corrected chi connectivity index (χ1v) is 5.39. The number of hydrogen-bond acceptors (Lipinski definition) is 2. The molecule has 1 rings (SSSR count). The Morgan fingerprint density at radius 2 is 2.21 bits per heavy atom. The summed E-state index contributed by atoms with van der Waals surface area (Å²) in [6.45, 7) is 3.71. The number of rotatable bonds is 5. The number of carboxylic acids is 1. The van der Waals surface area contributed by atoms with Crippen LogP contribution in [0.4, 0.5) is 0 Å². The second-order valence-corrected chi connectivity index (χ2v) is 3.78. The van der Waals surface area contributed by atoms with E-state index in [1.165, 1.54) is 11.8 Å². The van der Waals surface area contributed by atoms with Crippen LogP contribution in [0.5, 0.6) is 0 Å². The lowest BCUT2D eigenvalue weighted by atomic mass is 10.1. The van der Waals surface area contributed by atoms with Crippen LogP contribution in [0, 0.1) is 0 Å². The summed E-state index contributed by atoms with van der Waals surface area (Å²) in [6.07, 6.45) is 1.79. The monoisotopic (exact) mass is 208 g/mol. The van der Waals surface area contributed by atoms with Crippen LogP contribution in [0.1, 0.15) is 11.1 Å². The van der Waals surface area contributed by atoms with Gasteiger partial charge in [0, 0.05) is 5.75 Å². The van der Waals surface area contributed by atoms with Gasteiger partial charge in [0.1, 0.15) is 0 Å². The van der Waals surface area contributed by atoms with E-state index >= 15 is 0 Å². The minimum atomic E-state index is -0.772. The molecule has 0 atom stereocenters. The molecular weight excluding hydrogens is 196 g/mol. The van der Waals surface area contributed by atoms with Crippen LogP contribution >= 0.6 is 11.8 Å². The van der Waals surface area contributed by atoms with E-state index in [1.807, 2.05) is 24.3 Å². The molecule has 0 aliphatic rings. The van der Waals surface area contributed by atoms with E-state index in [4.69, 9.17) is 5.11 Å². The Hall–Kier alpha value is -1.22. The zero-order valence-corrected chi connectivity index (χ0v) is 8.59. The molecule has 0 amide bonds. The zero-order chi connectivity index (χ0) is 10.4. The highest BCUT2D eigenvalue weighted by atomic mass is 32.2. The summed E-state index contributed by atoms with van der Waals surface area (Å²) >= 11 is 1.40. The molecule has 0 heterocycles. The molecule has 0 aromatic heterocycles. The van der Waals surface area contributed by atoms with Crippen molar-refractivity contribution in [3.8, 4) is 0 Å². The van der Waals surface area contributed by atoms with Gasteiger partial charge in [-0.1, -0.05) is 36.9 Å². The third-order valence-corrected chi connectivity index (χ3v) is 2.72. The van der Waals surface area contributed by atoms with Crippen LogP contribution in [0.25, 0.3) is 6.08 Å². The normalized spacial score (nSPS) is 9.71. The van der Waals surface area contributed by atoms with Gasteiger partial charge in [-0.25, -0.2) is 0 Å². The first kappa shape index (κ1) is 10.9. The van der Waals surface area contributed by atoms with E-state index in [-0.39, 0.29) is 5.75 Å². The maximum absolute atomic E-state index is 10.3. The molecule has 3 heteroatoms. The van der Waals surface area contributed by atoms with Crippen LogP contribution < -0.4 is 0 Å². The largest absolute Gasteiger partial charge is 0.481 e. The molecule has 1 N–H and O–H groups in total. The highest BCUT2D eigenvalue weighted by Crippen LogP contribution is 2.17. The van der Waals surface area contributed by atoms with Gasteiger partial charge < -0.3 is 5.11 Å². The fourth-order valence-corrected chi connectivity index (χ4v) is 1.87. The summed E-state index contributed by atoms with van der Waals surface area (Å²) in [5, 5.41) is 8.48. The number of hydrogen-bond donors (Lipinski definition) is 1. The first-order chi connectivity index (χ1) is 6.74. The van der Waals surface area contributed by atoms with Crippen molar-refractivity contribution in [2.75, 3.05) is 5.75 Å². The Kier molecular flexibility index (Phi) is 4.26. The van der Waals surface area contributed by atoms with Crippen molar-refractivity contribution < 1.29 is 9.90 Å². The minimum Gasteiger partial charge on any atom is -0.481 e. The van der Waals surface area contributed by atoms with Crippen LogP contribution in [0.3, 0.4) is 0 Å². The molecule has 0 aliphatic carbocycles. The second-order valence-electron chi connectivity index (χ2n) is 2.79. The van der Waals surface area contributed by atoms with Gasteiger partial charge in [-0.05, 0) is 11.1 Å². The number of carbonyl (C=O) groups is 1. The van der Waals surface area contributed by atoms with E-state index in [2.05, 4.69) is 6.58 Å². The van der Waals surface area contributed by atoms with Gasteiger partial charge in [0.05, 0.1) is 5.75 Å². The standard InChI is InChI=1S/C11H12O2S/c1-2-9-5-3-4-6-10(9)7-14-8-11(12)13/h2-6H,1,7-8H2,(H,12,13). The minimum absolute atomic E-state index is 0.144. The van der Waals surface area contributed by atoms with Gasteiger partial charge in [0.2, 0.25) is 0 Å². The van der Waals surface area contributed by atoms with E-state index in [1.54, 1.807) is 6.08 Å². The second kappa shape index (κ2) is 5.50. The average molecular weight is 208 g/mol. The Balaban J connectivity index is 2.57. The van der Waals surface area contributed by atoms with Crippen molar-refractivity contribution >= 4 is 23.8 Å². The maximum atomic E-state index is 10.3. The smallest absolute Gasteiger partial charge is 0.313 e. The summed E-state index contributed by atoms with van der Waals surface area (Å²) in [5.41, 5.74) is 2.21. The van der Waals surface area contributed by atoms with Crippen LogP contribution in [0.15, 0.2) is 30.8 Å². The van der Waals surface area contributed by atoms with Crippen molar-refractivity contribution in [1.82, 2.24) is 0 Å². The molecule has 14 heavy (non-hydrogen) atoms. The van der Waals surface area contributed by atoms with Crippen LogP contribution in [-0.2, 0) is 10.5 Å². The predicted octanol–water partition coefficient (Wildman–Crippen LogP) is 2.65. The third kappa shape index (κ3) is 3.26. The predicted molar refractivity (Wildman–Crippen MR) is 60.3 cm³/mol. The topological polar surface area (TPSA) is 37.3 Å². The number of thioether (sulfide) groups is 1. The van der Waals surface area contributed by atoms with E-state index in [0.29, 0.717) is 5.75 Å². The van der Waals surface area contributed by atoms with E-state index < -0.39 is 5.97 Å². The fourth-order valence-electron chi connectivity index (χ4n) is 1.11. The Morgan fingerprint density at radius 1 is 1.50 bits per heavy atom. The summed E-state index contributed by atoms with van der Waals surface area (Å²) in [7, 11) is 0. The lowest BCUT2D eigenvalue weighted by molar-refractivity contribution is -0.133. The third-order valence-electron chi connectivity index (χ3n) is 1.76. The van der Waals surface area contributed by atoms with Crippen LogP contribution in [0.2, 0.25) is 0 Å². The van der Waals surface area contributed by atoms with Gasteiger partial charge in [-0.2, -0.15) is 0 Å². The van der Waals surface area contributed by atoms with Crippen LogP contribution in [-0.4, -0.2) is 16.8 Å². The summed E-state index contributed by atoms with van der Waals surface area (Å²) < 4.78 is 0. The molecule has 0 fully saturated rings. The lowest BCUT2D eigenvalue weighted by Gasteiger charge is -2.03. The SMILES string of the molecule is C=Cc1ccccc1CSCC(=O)O. The number of aliphatic carboxylic acids is 1. The van der Waals surface area contributed by atoms with Crippen molar-refractivity contribution in [2.24, 2.45) is 0 Å². The van der Waals surface area contributed by atoms with E-state index in [0.717, 1.165) is 11.1 Å². The molecule has 0 unspecified atom stereocenters. The Labute approximate surface area is 87.6 Å². The lowest BCUT2D eigenvalue weighted by Crippen LogP contribution is -1.98. The van der Waals surface area contributed by atoms with Gasteiger partial charge in [-0.15, -0.1) is 11.8 Å². The average Bonchev–Trinajstić information content (AvgIpc) is 2.18. The zero-order valence-electron chi connectivity index (χ0n) is 7.77. The molecule has 0 radical (unpaired) electrons. The highest BCUT2D eigenvalue weighted by molar-refractivity contribution is 7.99. The number of carboxylic acid groups (broad SMARTS) is 1. The molecule has 1 aromatic carbocycles. The maximum Gasteiger partial charge on any atom is 0.313 e. The molecule has 0 saturated carbocycles. The van der Waals surface area contributed by atoms with Gasteiger partial charge in [0.15, 0.2) is 0 Å². The molecule has 0 bridgehead atoms. The quantitative estimate of drug-likeness (QED) is 0.808. The fraction of sp³-hybridized carbons (Fsp3) is 0.182. The molecule has 1 aromatic rings. The molecule has 0 spiro atoms. The van der Waals surface area contributed by atoms with Crippen molar-refractivity contribution in [3.05, 3.63) is 42.0 Å². The molecular formula is C11H12O2S. The Morgan fingerprint density at radius 3 is 2.86 bits per heavy atom. The Bertz CT molecular complexity index is 334. The molecule has 0 saturated heterocycles. The molecule has 2 nitrogen and oxygen atoms in total. The highest BCUT2D eigenvalue weighted by Gasteiger charge is 2.00. The first-order valence-electron chi connectivity index (χ1n) is 4.24. The van der Waals surface area contributed by atoms with Crippen molar-refractivity contribution in [2.45, 2.75) is 5.75 Å². The van der Waals surface area contributed by atoms with Crippen molar-refractivity contribution in [3.63, 3.8) is 0 Å². The number of benzene rings is 1. The van der Waals surface area contributed by atoms with Crippen molar-refractivity contribution in [1.29, 1.82) is 0 Å². The summed E-state index contributed by atoms with van der Waals surface area (Å²) in [5.74, 6) is 0.0889. The molecule has 74 valence electrons. The van der Waals surface area contributed by atoms with E-state index in [9.17, 15) is 4.79 Å².